The van der Waals surface area contributed by atoms with Crippen molar-refractivity contribution in [2.45, 2.75) is 45.4 Å². The van der Waals surface area contributed by atoms with Crippen LogP contribution in [0.3, 0.4) is 0 Å². The van der Waals surface area contributed by atoms with E-state index in [1.54, 1.807) is 45.0 Å². The number of hydrogen-bond donors (Lipinski definition) is 2. The maximum Gasteiger partial charge on any atom is 0.408 e. The van der Waals surface area contributed by atoms with Crippen LogP contribution >= 0.6 is 0 Å². The minimum absolute atomic E-state index is 0.0254. The van der Waals surface area contributed by atoms with Gasteiger partial charge in [-0.05, 0) is 32.8 Å². The molecule has 13 heteroatoms. The zero-order chi connectivity index (χ0) is 27.3. The first-order valence-corrected chi connectivity index (χ1v) is 11.5. The molecule has 0 fully saturated rings. The molecule has 13 nitrogen and oxygen atoms in total. The molecule has 0 radical (unpaired) electrons. The minimum Gasteiger partial charge on any atom is -0.467 e. The lowest BCUT2D eigenvalue weighted by Crippen LogP contribution is -2.50. The summed E-state index contributed by atoms with van der Waals surface area (Å²) < 4.78 is 20.0. The zero-order valence-electron chi connectivity index (χ0n) is 21.2. The quantitative estimate of drug-likeness (QED) is 0.184. The predicted octanol–water partition coefficient (Wildman–Crippen LogP) is 2.43. The van der Waals surface area contributed by atoms with E-state index in [1.165, 1.54) is 12.3 Å². The fourth-order valence-corrected chi connectivity index (χ4v) is 2.79. The number of carbonyl (C=O) groups excluding carboxylic acids is 4. The van der Waals surface area contributed by atoms with Crippen LogP contribution in [0.4, 0.5) is 9.59 Å². The average molecular weight is 521 g/mol. The molecule has 1 aromatic heterocycles. The van der Waals surface area contributed by atoms with E-state index in [0.717, 1.165) is 17.7 Å². The van der Waals surface area contributed by atoms with Crippen molar-refractivity contribution in [2.75, 3.05) is 26.8 Å². The Hall–Kier alpha value is -4.13. The first-order chi connectivity index (χ1) is 17.6. The maximum absolute atomic E-state index is 12.9. The summed E-state index contributed by atoms with van der Waals surface area (Å²) in [6.45, 7) is 4.95. The summed E-state index contributed by atoms with van der Waals surface area (Å²) in [5, 5.41) is 9.28. The normalized spacial score (nSPS) is 11.7. The Balaban J connectivity index is 1.97. The minimum atomic E-state index is -1.32. The van der Waals surface area contributed by atoms with E-state index in [9.17, 15) is 19.2 Å². The van der Waals surface area contributed by atoms with Crippen LogP contribution in [0.25, 0.3) is 0 Å². The number of rotatable bonds is 12. The zero-order valence-corrected chi connectivity index (χ0v) is 21.2. The molecule has 1 heterocycles. The number of nitrogens with zero attached hydrogens (tertiary/aromatic N) is 2. The number of ether oxygens (including phenoxy) is 3. The summed E-state index contributed by atoms with van der Waals surface area (Å²) in [4.78, 5) is 54.8. The number of hydrogen-bond acceptors (Lipinski definition) is 10. The second-order valence-electron chi connectivity index (χ2n) is 8.64. The van der Waals surface area contributed by atoms with E-state index in [4.69, 9.17) is 23.6 Å². The molecule has 1 atom stereocenters. The Morgan fingerprint density at radius 1 is 1.08 bits per heavy atom. The topological polar surface area (TPSA) is 159 Å². The van der Waals surface area contributed by atoms with E-state index in [2.05, 4.69) is 15.8 Å². The van der Waals surface area contributed by atoms with Gasteiger partial charge >= 0.3 is 24.1 Å². The molecule has 0 saturated carbocycles. The van der Waals surface area contributed by atoms with Crippen LogP contribution in [0.15, 0.2) is 47.1 Å². The van der Waals surface area contributed by atoms with Crippen LogP contribution in [-0.2, 0) is 30.4 Å². The first-order valence-electron chi connectivity index (χ1n) is 11.5. The second kappa shape index (κ2) is 14.4. The first kappa shape index (κ1) is 29.1. The summed E-state index contributed by atoms with van der Waals surface area (Å²) >= 11 is 0. The predicted molar refractivity (Wildman–Crippen MR) is 128 cm³/mol. The van der Waals surface area contributed by atoms with Gasteiger partial charge in [-0.2, -0.15) is 0 Å². The summed E-state index contributed by atoms with van der Waals surface area (Å²) in [5.74, 6) is -1.73. The fraction of sp³-hybridized carbons (Fsp3) is 0.458. The summed E-state index contributed by atoms with van der Waals surface area (Å²) in [5.41, 5.74) is 0.108. The number of carbonyl (C=O) groups is 4. The Morgan fingerprint density at radius 2 is 1.81 bits per heavy atom. The molecule has 2 rings (SSSR count). The summed E-state index contributed by atoms with van der Waals surface area (Å²) in [7, 11) is 1.14. The van der Waals surface area contributed by atoms with E-state index in [-0.39, 0.29) is 25.5 Å². The molecule has 1 unspecified atom stereocenters. The van der Waals surface area contributed by atoms with Crippen LogP contribution in [0.2, 0.25) is 0 Å². The number of alkyl carbamates (subject to hydrolysis) is 2. The smallest absolute Gasteiger partial charge is 0.408 e. The highest BCUT2D eigenvalue weighted by Crippen LogP contribution is 2.09. The number of hydroxylamine groups is 2. The molecular weight excluding hydrogens is 488 g/mol. The van der Waals surface area contributed by atoms with E-state index < -0.39 is 42.3 Å². The third kappa shape index (κ3) is 11.0. The maximum atomic E-state index is 12.9. The number of benzene rings is 1. The molecular formula is C24H32N4O9. The Labute approximate surface area is 214 Å². The molecule has 0 aliphatic heterocycles. The highest BCUT2D eigenvalue weighted by Gasteiger charge is 2.30. The molecule has 0 aliphatic carbocycles. The molecule has 0 spiro atoms. The van der Waals surface area contributed by atoms with Crippen molar-refractivity contribution in [2.24, 2.45) is 0 Å². The van der Waals surface area contributed by atoms with E-state index in [1.807, 2.05) is 6.07 Å². The number of esters is 1. The molecule has 0 saturated heterocycles. The number of nitrogens with one attached hydrogen (secondary N) is 2. The van der Waals surface area contributed by atoms with Gasteiger partial charge in [-0.25, -0.2) is 19.4 Å². The third-order valence-corrected chi connectivity index (χ3v) is 4.45. The molecule has 2 N–H and O–H groups in total. The number of methoxy groups -OCH3 is 1. The van der Waals surface area contributed by atoms with Crippen LogP contribution in [-0.4, -0.2) is 72.7 Å². The van der Waals surface area contributed by atoms with Crippen LogP contribution in [0, 0.1) is 0 Å². The Morgan fingerprint density at radius 3 is 2.43 bits per heavy atom. The molecule has 0 aliphatic rings. The second-order valence-corrected chi connectivity index (χ2v) is 8.64. The van der Waals surface area contributed by atoms with Gasteiger partial charge in [0, 0.05) is 12.6 Å². The molecule has 2 aromatic rings. The number of amides is 3. The standard InChI is InChI=1S/C24H32N4O9/c1-24(2,3)36-22(31)25-12-8-14-35-28(20(29)19-11-13-26-37-19)15-18(21(30)33-4)27-23(32)34-16-17-9-6-5-7-10-17/h5-7,9-11,13,18H,8,12,14-16H2,1-4H3,(H,25,31)(H,27,32). The van der Waals surface area contributed by atoms with Crippen molar-refractivity contribution in [1.29, 1.82) is 0 Å². The lowest BCUT2D eigenvalue weighted by Gasteiger charge is -2.25. The van der Waals surface area contributed by atoms with Gasteiger partial charge in [0.1, 0.15) is 18.2 Å². The average Bonchev–Trinajstić information content (AvgIpc) is 3.39. The van der Waals surface area contributed by atoms with Crippen molar-refractivity contribution in [3.63, 3.8) is 0 Å². The van der Waals surface area contributed by atoms with Crippen molar-refractivity contribution < 1.29 is 42.7 Å². The van der Waals surface area contributed by atoms with Crippen molar-refractivity contribution >= 4 is 24.1 Å². The fourth-order valence-electron chi connectivity index (χ4n) is 2.79. The molecule has 202 valence electrons. The van der Waals surface area contributed by atoms with Gasteiger partial charge in [0.2, 0.25) is 5.76 Å². The van der Waals surface area contributed by atoms with Crippen LogP contribution in [0.5, 0.6) is 0 Å². The van der Waals surface area contributed by atoms with Gasteiger partial charge < -0.3 is 29.4 Å². The van der Waals surface area contributed by atoms with E-state index in [0.29, 0.717) is 6.42 Å². The third-order valence-electron chi connectivity index (χ3n) is 4.45. The Kier molecular flexibility index (Phi) is 11.4. The van der Waals surface area contributed by atoms with Crippen molar-refractivity contribution in [1.82, 2.24) is 20.9 Å². The summed E-state index contributed by atoms with van der Waals surface area (Å²) in [6, 6.07) is 8.95. The summed E-state index contributed by atoms with van der Waals surface area (Å²) in [6.07, 6.45) is 0.0844. The van der Waals surface area contributed by atoms with Gasteiger partial charge in [-0.1, -0.05) is 35.5 Å². The number of aromatic nitrogens is 1. The highest BCUT2D eigenvalue weighted by molar-refractivity contribution is 5.91. The monoisotopic (exact) mass is 520 g/mol. The van der Waals surface area contributed by atoms with Crippen LogP contribution in [0.1, 0.15) is 43.3 Å². The largest absolute Gasteiger partial charge is 0.467 e. The SMILES string of the molecule is COC(=O)C(CN(OCCCNC(=O)OC(C)(C)C)C(=O)c1ccno1)NC(=O)OCc1ccccc1. The van der Waals surface area contributed by atoms with Gasteiger partial charge in [0.05, 0.1) is 26.5 Å². The Bertz CT molecular complexity index is 1010. The van der Waals surface area contributed by atoms with Gasteiger partial charge in [0.15, 0.2) is 0 Å². The van der Waals surface area contributed by atoms with Crippen LogP contribution < -0.4 is 10.6 Å². The lowest BCUT2D eigenvalue weighted by molar-refractivity contribution is -0.153. The molecule has 37 heavy (non-hydrogen) atoms. The van der Waals surface area contributed by atoms with Gasteiger partial charge in [-0.3, -0.25) is 9.63 Å². The van der Waals surface area contributed by atoms with Crippen molar-refractivity contribution in [3.8, 4) is 0 Å². The lowest BCUT2D eigenvalue weighted by atomic mass is 10.2. The molecule has 0 bridgehead atoms. The molecule has 1 aromatic carbocycles. The van der Waals surface area contributed by atoms with Gasteiger partial charge in [-0.15, -0.1) is 0 Å². The molecule has 3 amide bonds. The van der Waals surface area contributed by atoms with Crippen molar-refractivity contribution in [3.05, 3.63) is 53.9 Å². The van der Waals surface area contributed by atoms with Gasteiger partial charge in [0.25, 0.3) is 0 Å². The van der Waals surface area contributed by atoms with E-state index >= 15 is 0 Å². The highest BCUT2D eigenvalue weighted by atomic mass is 16.7.